The maximum Gasteiger partial charge on any atom is 0.118 e. The molecule has 0 aliphatic rings. The number of carbonyl (C=O) groups is 1. The summed E-state index contributed by atoms with van der Waals surface area (Å²) in [5.41, 5.74) is 0.971. The first-order chi connectivity index (χ1) is 7.70. The van der Waals surface area contributed by atoms with Gasteiger partial charge >= 0.3 is 0 Å². The minimum absolute atomic E-state index is 0.241. The summed E-state index contributed by atoms with van der Waals surface area (Å²) >= 11 is 1.20. The largest absolute Gasteiger partial charge is 0.544 e. The van der Waals surface area contributed by atoms with Crippen LogP contribution in [0.1, 0.15) is 9.67 Å². The van der Waals surface area contributed by atoms with Crippen molar-refractivity contribution in [2.45, 2.75) is 0 Å². The normalized spacial score (nSPS) is 10.1. The average molecular weight is 233 g/mol. The fraction of sp³-hybridized carbons (Fsp3) is 0.0833. The summed E-state index contributed by atoms with van der Waals surface area (Å²) in [6.45, 7) is 0. The van der Waals surface area contributed by atoms with Crippen molar-refractivity contribution in [3.63, 3.8) is 0 Å². The van der Waals surface area contributed by atoms with E-state index in [1.165, 1.54) is 11.3 Å². The molecule has 0 atom stereocenters. The second-order valence-corrected chi connectivity index (χ2v) is 4.26. The Morgan fingerprint density at radius 2 is 1.88 bits per heavy atom. The van der Waals surface area contributed by atoms with E-state index in [-0.39, 0.29) is 4.88 Å². The molecule has 1 aromatic carbocycles. The Kier molecular flexibility index (Phi) is 2.92. The number of hydrogen-bond donors (Lipinski definition) is 0. The lowest BCUT2D eigenvalue weighted by Gasteiger charge is -2.01. The van der Waals surface area contributed by atoms with Gasteiger partial charge in [-0.05, 0) is 42.0 Å². The number of rotatable bonds is 3. The highest BCUT2D eigenvalue weighted by atomic mass is 32.1. The van der Waals surface area contributed by atoms with Crippen molar-refractivity contribution in [3.8, 4) is 16.2 Å². The molecule has 0 saturated heterocycles. The van der Waals surface area contributed by atoms with Crippen molar-refractivity contribution in [2.75, 3.05) is 7.11 Å². The van der Waals surface area contributed by atoms with Crippen molar-refractivity contribution in [1.82, 2.24) is 0 Å². The first-order valence-corrected chi connectivity index (χ1v) is 5.48. The highest BCUT2D eigenvalue weighted by molar-refractivity contribution is 7.17. The van der Waals surface area contributed by atoms with Crippen LogP contribution in [-0.4, -0.2) is 13.1 Å². The molecule has 0 saturated carbocycles. The van der Waals surface area contributed by atoms with Crippen LogP contribution in [-0.2, 0) is 0 Å². The summed E-state index contributed by atoms with van der Waals surface area (Å²) in [6, 6.07) is 10.8. The van der Waals surface area contributed by atoms with Crippen LogP contribution in [0.15, 0.2) is 36.4 Å². The number of aromatic carboxylic acids is 1. The highest BCUT2D eigenvalue weighted by Crippen LogP contribution is 2.28. The van der Waals surface area contributed by atoms with E-state index in [1.807, 2.05) is 24.3 Å². The van der Waals surface area contributed by atoms with Crippen molar-refractivity contribution in [3.05, 3.63) is 41.3 Å². The molecule has 2 rings (SSSR count). The first kappa shape index (κ1) is 10.7. The molecule has 16 heavy (non-hydrogen) atoms. The minimum atomic E-state index is -1.13. The molecule has 0 amide bonds. The Bertz CT molecular complexity index is 499. The zero-order chi connectivity index (χ0) is 11.5. The fourth-order valence-corrected chi connectivity index (χ4v) is 2.20. The number of carboxylic acids is 1. The van der Waals surface area contributed by atoms with E-state index in [2.05, 4.69) is 0 Å². The summed E-state index contributed by atoms with van der Waals surface area (Å²) in [4.78, 5) is 11.8. The molecule has 82 valence electrons. The molecule has 0 N–H and O–H groups in total. The van der Waals surface area contributed by atoms with E-state index in [9.17, 15) is 9.90 Å². The fourth-order valence-electron chi connectivity index (χ4n) is 1.36. The van der Waals surface area contributed by atoms with Gasteiger partial charge < -0.3 is 14.6 Å². The van der Waals surface area contributed by atoms with Gasteiger partial charge in [-0.25, -0.2) is 0 Å². The molecule has 2 aromatic rings. The van der Waals surface area contributed by atoms with E-state index < -0.39 is 5.97 Å². The van der Waals surface area contributed by atoms with Crippen LogP contribution < -0.4 is 9.84 Å². The zero-order valence-electron chi connectivity index (χ0n) is 8.60. The summed E-state index contributed by atoms with van der Waals surface area (Å²) in [7, 11) is 1.61. The molecule has 0 radical (unpaired) electrons. The molecule has 0 bridgehead atoms. The van der Waals surface area contributed by atoms with Crippen molar-refractivity contribution < 1.29 is 14.6 Å². The van der Waals surface area contributed by atoms with E-state index in [0.29, 0.717) is 0 Å². The molecule has 0 fully saturated rings. The summed E-state index contributed by atoms with van der Waals surface area (Å²) in [5, 5.41) is 10.6. The van der Waals surface area contributed by atoms with Crippen molar-refractivity contribution >= 4 is 17.3 Å². The molecule has 1 aromatic heterocycles. The maximum absolute atomic E-state index is 10.6. The Morgan fingerprint density at radius 3 is 2.38 bits per heavy atom. The lowest BCUT2D eigenvalue weighted by molar-refractivity contribution is -0.254. The number of thiophene rings is 1. The van der Waals surface area contributed by atoms with Crippen LogP contribution >= 0.6 is 11.3 Å². The third-order valence-electron chi connectivity index (χ3n) is 2.18. The third-order valence-corrected chi connectivity index (χ3v) is 3.30. The Balaban J connectivity index is 2.31. The van der Waals surface area contributed by atoms with E-state index in [4.69, 9.17) is 4.74 Å². The Morgan fingerprint density at radius 1 is 1.19 bits per heavy atom. The lowest BCUT2D eigenvalue weighted by atomic mass is 10.2. The SMILES string of the molecule is COc1ccc(-c2ccc(C(=O)[O-])s2)cc1. The van der Waals surface area contributed by atoms with Gasteiger partial charge in [-0.15, -0.1) is 11.3 Å². The number of carbonyl (C=O) groups excluding carboxylic acids is 1. The van der Waals surface area contributed by atoms with Crippen molar-refractivity contribution in [2.24, 2.45) is 0 Å². The van der Waals surface area contributed by atoms with Gasteiger partial charge in [0.15, 0.2) is 0 Å². The predicted octanol–water partition coefficient (Wildman–Crippen LogP) is 1.79. The molecule has 0 aliphatic heterocycles. The third kappa shape index (κ3) is 2.06. The van der Waals surface area contributed by atoms with Crippen LogP contribution in [0.25, 0.3) is 10.4 Å². The standard InChI is InChI=1S/C12H10O3S/c1-15-9-4-2-8(3-5-9)10-6-7-11(16-10)12(13)14/h2-7H,1H3,(H,13,14)/p-1. The van der Waals surface area contributed by atoms with Gasteiger partial charge in [-0.3, -0.25) is 0 Å². The molecule has 4 heteroatoms. The molecule has 0 spiro atoms. The predicted molar refractivity (Wildman–Crippen MR) is 60.6 cm³/mol. The van der Waals surface area contributed by atoms with Gasteiger partial charge in [0.2, 0.25) is 0 Å². The van der Waals surface area contributed by atoms with E-state index in [0.717, 1.165) is 16.2 Å². The smallest absolute Gasteiger partial charge is 0.118 e. The second-order valence-electron chi connectivity index (χ2n) is 3.18. The maximum atomic E-state index is 10.6. The lowest BCUT2D eigenvalue weighted by Crippen LogP contribution is -2.20. The first-order valence-electron chi connectivity index (χ1n) is 4.66. The summed E-state index contributed by atoms with van der Waals surface area (Å²) in [6.07, 6.45) is 0. The van der Waals surface area contributed by atoms with Crippen LogP contribution in [0.5, 0.6) is 5.75 Å². The number of ether oxygens (including phenoxy) is 1. The number of benzene rings is 1. The molecular formula is C12H9O3S-. The summed E-state index contributed by atoms with van der Waals surface area (Å²) in [5.74, 6) is -0.356. The molecule has 0 unspecified atom stereocenters. The molecular weight excluding hydrogens is 224 g/mol. The van der Waals surface area contributed by atoms with Gasteiger partial charge in [0.25, 0.3) is 0 Å². The molecule has 1 heterocycles. The van der Waals surface area contributed by atoms with Gasteiger partial charge in [0, 0.05) is 4.88 Å². The van der Waals surface area contributed by atoms with Crippen LogP contribution in [0, 0.1) is 0 Å². The molecule has 0 aliphatic carbocycles. The Hall–Kier alpha value is -1.81. The quantitative estimate of drug-likeness (QED) is 0.812. The van der Waals surface area contributed by atoms with Crippen LogP contribution in [0.2, 0.25) is 0 Å². The topological polar surface area (TPSA) is 49.4 Å². The van der Waals surface area contributed by atoms with Crippen LogP contribution in [0.3, 0.4) is 0 Å². The van der Waals surface area contributed by atoms with Crippen molar-refractivity contribution in [1.29, 1.82) is 0 Å². The number of carboxylic acid groups (broad SMARTS) is 1. The number of methoxy groups -OCH3 is 1. The summed E-state index contributed by atoms with van der Waals surface area (Å²) < 4.78 is 5.05. The van der Waals surface area contributed by atoms with E-state index in [1.54, 1.807) is 19.2 Å². The number of hydrogen-bond acceptors (Lipinski definition) is 4. The Labute approximate surface area is 96.9 Å². The zero-order valence-corrected chi connectivity index (χ0v) is 9.41. The van der Waals surface area contributed by atoms with Gasteiger partial charge in [0.05, 0.1) is 18.0 Å². The molecule has 3 nitrogen and oxygen atoms in total. The minimum Gasteiger partial charge on any atom is -0.544 e. The van der Waals surface area contributed by atoms with Gasteiger partial charge in [-0.2, -0.15) is 0 Å². The second kappa shape index (κ2) is 4.37. The monoisotopic (exact) mass is 233 g/mol. The van der Waals surface area contributed by atoms with E-state index >= 15 is 0 Å². The van der Waals surface area contributed by atoms with Gasteiger partial charge in [0.1, 0.15) is 5.75 Å². The van der Waals surface area contributed by atoms with Gasteiger partial charge in [-0.1, -0.05) is 0 Å². The highest BCUT2D eigenvalue weighted by Gasteiger charge is 2.03. The average Bonchev–Trinajstić information content (AvgIpc) is 2.78. The van der Waals surface area contributed by atoms with Crippen LogP contribution in [0.4, 0.5) is 0 Å².